The third-order valence-electron chi connectivity index (χ3n) is 2.60. The van der Waals surface area contributed by atoms with Crippen molar-refractivity contribution in [1.82, 2.24) is 4.90 Å². The topological polar surface area (TPSA) is 63.4 Å². The fourth-order valence-corrected chi connectivity index (χ4v) is 1.73. The van der Waals surface area contributed by atoms with Crippen LogP contribution in [0.25, 0.3) is 0 Å². The van der Waals surface area contributed by atoms with Crippen molar-refractivity contribution in [3.05, 3.63) is 12.2 Å². The zero-order chi connectivity index (χ0) is 11.3. The van der Waals surface area contributed by atoms with Gasteiger partial charge in [-0.2, -0.15) is 0 Å². The molecule has 84 valence electrons. The minimum atomic E-state index is -0.323. The van der Waals surface area contributed by atoms with Crippen LogP contribution < -0.4 is 5.73 Å². The molecule has 0 unspecified atom stereocenters. The lowest BCUT2D eigenvalue weighted by atomic mass is 10.1. The summed E-state index contributed by atoms with van der Waals surface area (Å²) in [5.41, 5.74) is 5.61. The van der Waals surface area contributed by atoms with E-state index in [9.17, 15) is 9.59 Å². The Hall–Kier alpha value is -1.32. The number of rotatable bonds is 5. The normalized spacial score (nSPS) is 15.3. The average molecular weight is 210 g/mol. The monoisotopic (exact) mass is 210 g/mol. The molecule has 0 bridgehead atoms. The predicted octanol–water partition coefficient (Wildman–Crippen LogP) is 0.821. The van der Waals surface area contributed by atoms with Crippen LogP contribution in [0.2, 0.25) is 0 Å². The number of carbonyl (C=O) groups excluding carboxylic acids is 2. The van der Waals surface area contributed by atoms with E-state index in [-0.39, 0.29) is 11.8 Å². The number of nitrogens with two attached hydrogens (primary N) is 1. The maximum Gasteiger partial charge on any atom is 0.249 e. The molecule has 0 saturated carbocycles. The molecule has 1 saturated heterocycles. The molecule has 2 N–H and O–H groups in total. The van der Waals surface area contributed by atoms with Crippen molar-refractivity contribution in [2.24, 2.45) is 5.73 Å². The van der Waals surface area contributed by atoms with Crippen molar-refractivity contribution < 1.29 is 9.59 Å². The van der Waals surface area contributed by atoms with Crippen molar-refractivity contribution in [2.45, 2.75) is 32.1 Å². The Morgan fingerprint density at radius 1 is 1.20 bits per heavy atom. The molecular weight excluding hydrogens is 192 g/mol. The maximum absolute atomic E-state index is 11.7. The molecule has 1 aliphatic heterocycles. The van der Waals surface area contributed by atoms with Crippen LogP contribution in [0.1, 0.15) is 32.1 Å². The average Bonchev–Trinajstić information content (AvgIpc) is 2.68. The first kappa shape index (κ1) is 11.8. The van der Waals surface area contributed by atoms with Gasteiger partial charge in [-0.05, 0) is 25.7 Å². The number of likely N-dealkylation sites (tertiary alicyclic amines) is 1. The Balaban J connectivity index is 2.26. The highest BCUT2D eigenvalue weighted by Crippen LogP contribution is 2.14. The second kappa shape index (κ2) is 5.53. The third-order valence-corrected chi connectivity index (χ3v) is 2.60. The SMILES string of the molecule is C=C(CCCC(N)=O)C(=O)N1CCCC1. The number of nitrogens with zero attached hydrogens (tertiary/aromatic N) is 1. The van der Waals surface area contributed by atoms with E-state index in [0.717, 1.165) is 25.9 Å². The van der Waals surface area contributed by atoms with E-state index >= 15 is 0 Å². The van der Waals surface area contributed by atoms with Crippen LogP contribution in [0.3, 0.4) is 0 Å². The van der Waals surface area contributed by atoms with Gasteiger partial charge in [0.1, 0.15) is 0 Å². The van der Waals surface area contributed by atoms with Crippen molar-refractivity contribution in [1.29, 1.82) is 0 Å². The second-order valence-electron chi connectivity index (χ2n) is 3.92. The van der Waals surface area contributed by atoms with Gasteiger partial charge in [-0.15, -0.1) is 0 Å². The van der Waals surface area contributed by atoms with Gasteiger partial charge >= 0.3 is 0 Å². The lowest BCUT2D eigenvalue weighted by molar-refractivity contribution is -0.126. The molecule has 0 aromatic rings. The third kappa shape index (κ3) is 3.73. The summed E-state index contributed by atoms with van der Waals surface area (Å²) in [6.07, 6.45) is 3.68. The summed E-state index contributed by atoms with van der Waals surface area (Å²) >= 11 is 0. The molecule has 15 heavy (non-hydrogen) atoms. The van der Waals surface area contributed by atoms with E-state index in [2.05, 4.69) is 6.58 Å². The fourth-order valence-electron chi connectivity index (χ4n) is 1.73. The molecule has 1 heterocycles. The highest BCUT2D eigenvalue weighted by molar-refractivity contribution is 5.93. The van der Waals surface area contributed by atoms with Crippen LogP contribution in [0.15, 0.2) is 12.2 Å². The first-order valence-corrected chi connectivity index (χ1v) is 5.36. The van der Waals surface area contributed by atoms with Crippen LogP contribution in [-0.4, -0.2) is 29.8 Å². The largest absolute Gasteiger partial charge is 0.370 e. The van der Waals surface area contributed by atoms with Gasteiger partial charge in [0.25, 0.3) is 0 Å². The van der Waals surface area contributed by atoms with E-state index in [1.54, 1.807) is 0 Å². The number of primary amides is 1. The summed E-state index contributed by atoms with van der Waals surface area (Å²) in [5.74, 6) is -0.284. The van der Waals surface area contributed by atoms with Crippen LogP contribution in [0.4, 0.5) is 0 Å². The van der Waals surface area contributed by atoms with E-state index in [1.807, 2.05) is 4.90 Å². The molecule has 0 aliphatic carbocycles. The molecule has 0 radical (unpaired) electrons. The van der Waals surface area contributed by atoms with Gasteiger partial charge in [0.15, 0.2) is 0 Å². The molecule has 1 aliphatic rings. The fraction of sp³-hybridized carbons (Fsp3) is 0.636. The van der Waals surface area contributed by atoms with E-state index in [0.29, 0.717) is 24.8 Å². The molecule has 1 rings (SSSR count). The number of hydrogen-bond donors (Lipinski definition) is 1. The minimum Gasteiger partial charge on any atom is -0.370 e. The Morgan fingerprint density at radius 3 is 2.33 bits per heavy atom. The molecule has 0 aromatic heterocycles. The molecule has 0 spiro atoms. The van der Waals surface area contributed by atoms with E-state index in [1.165, 1.54) is 0 Å². The summed E-state index contributed by atoms with van der Waals surface area (Å²) in [5, 5.41) is 0. The molecule has 2 amide bonds. The summed E-state index contributed by atoms with van der Waals surface area (Å²) in [7, 11) is 0. The van der Waals surface area contributed by atoms with Crippen LogP contribution >= 0.6 is 0 Å². The van der Waals surface area contributed by atoms with E-state index in [4.69, 9.17) is 5.73 Å². The van der Waals surface area contributed by atoms with E-state index < -0.39 is 0 Å². The first-order valence-electron chi connectivity index (χ1n) is 5.36. The van der Waals surface area contributed by atoms with Gasteiger partial charge in [0.05, 0.1) is 0 Å². The van der Waals surface area contributed by atoms with Gasteiger partial charge < -0.3 is 10.6 Å². The molecule has 4 heteroatoms. The predicted molar refractivity (Wildman–Crippen MR) is 58.0 cm³/mol. The molecular formula is C11H18N2O2. The van der Waals surface area contributed by atoms with Crippen molar-refractivity contribution in [3.8, 4) is 0 Å². The summed E-state index contributed by atoms with van der Waals surface area (Å²) in [4.78, 5) is 24.1. The van der Waals surface area contributed by atoms with Gasteiger partial charge in [-0.3, -0.25) is 9.59 Å². The van der Waals surface area contributed by atoms with Crippen molar-refractivity contribution >= 4 is 11.8 Å². The second-order valence-corrected chi connectivity index (χ2v) is 3.92. The zero-order valence-electron chi connectivity index (χ0n) is 9.00. The summed E-state index contributed by atoms with van der Waals surface area (Å²) in [6.45, 7) is 5.43. The van der Waals surface area contributed by atoms with Crippen LogP contribution in [-0.2, 0) is 9.59 Å². The Morgan fingerprint density at radius 2 is 1.80 bits per heavy atom. The van der Waals surface area contributed by atoms with Crippen LogP contribution in [0.5, 0.6) is 0 Å². The molecule has 1 fully saturated rings. The van der Waals surface area contributed by atoms with Gasteiger partial charge in [0, 0.05) is 25.1 Å². The zero-order valence-corrected chi connectivity index (χ0v) is 9.00. The quantitative estimate of drug-likeness (QED) is 0.683. The van der Waals surface area contributed by atoms with Gasteiger partial charge in [0.2, 0.25) is 11.8 Å². The molecule has 0 aromatic carbocycles. The molecule has 0 atom stereocenters. The lowest BCUT2D eigenvalue weighted by Gasteiger charge is -2.16. The van der Waals surface area contributed by atoms with Gasteiger partial charge in [-0.1, -0.05) is 6.58 Å². The lowest BCUT2D eigenvalue weighted by Crippen LogP contribution is -2.28. The van der Waals surface area contributed by atoms with Gasteiger partial charge in [-0.25, -0.2) is 0 Å². The summed E-state index contributed by atoms with van der Waals surface area (Å²) in [6, 6.07) is 0. The maximum atomic E-state index is 11.7. The highest BCUT2D eigenvalue weighted by atomic mass is 16.2. The Bertz CT molecular complexity index is 268. The Labute approximate surface area is 90.1 Å². The minimum absolute atomic E-state index is 0.0389. The molecule has 4 nitrogen and oxygen atoms in total. The van der Waals surface area contributed by atoms with Crippen LogP contribution in [0, 0.1) is 0 Å². The number of amides is 2. The van der Waals surface area contributed by atoms with Crippen molar-refractivity contribution in [3.63, 3.8) is 0 Å². The van der Waals surface area contributed by atoms with Crippen molar-refractivity contribution in [2.75, 3.05) is 13.1 Å². The number of carbonyl (C=O) groups is 2. The number of hydrogen-bond acceptors (Lipinski definition) is 2. The highest BCUT2D eigenvalue weighted by Gasteiger charge is 2.19. The first-order chi connectivity index (χ1) is 7.11. The Kier molecular flexibility index (Phi) is 4.34. The summed E-state index contributed by atoms with van der Waals surface area (Å²) < 4.78 is 0. The smallest absolute Gasteiger partial charge is 0.249 e. The standard InChI is InChI=1S/C11H18N2O2/c1-9(5-4-6-10(12)14)11(15)13-7-2-3-8-13/h1-8H2,(H2,12,14).